The summed E-state index contributed by atoms with van der Waals surface area (Å²) in [4.78, 5) is 17.1. The summed E-state index contributed by atoms with van der Waals surface area (Å²) in [6, 6.07) is 0.628. The van der Waals surface area contributed by atoms with Gasteiger partial charge >= 0.3 is 0 Å². The second-order valence-corrected chi connectivity index (χ2v) is 7.16. The molecule has 1 amide bonds. The number of carbonyl (C=O) groups excluding carboxylic acids is 1. The van der Waals surface area contributed by atoms with E-state index < -0.39 is 0 Å². The molecule has 128 valence electrons. The quantitative estimate of drug-likeness (QED) is 0.942. The van der Waals surface area contributed by atoms with E-state index in [1.54, 1.807) is 6.20 Å². The molecule has 0 radical (unpaired) electrons. The van der Waals surface area contributed by atoms with E-state index in [1.807, 2.05) is 17.8 Å². The number of nitrogens with one attached hydrogen (secondary N) is 1. The Morgan fingerprint density at radius 1 is 1.21 bits per heavy atom. The zero-order chi connectivity index (χ0) is 16.5. The maximum absolute atomic E-state index is 12.5. The summed E-state index contributed by atoms with van der Waals surface area (Å²) < 4.78 is 4.15. The first-order chi connectivity index (χ1) is 11.7. The van der Waals surface area contributed by atoms with Crippen molar-refractivity contribution in [3.8, 4) is 0 Å². The fourth-order valence-electron chi connectivity index (χ4n) is 3.97. The maximum Gasteiger partial charge on any atom is 0.254 e. The molecule has 0 saturated heterocycles. The van der Waals surface area contributed by atoms with E-state index in [1.165, 1.54) is 32.1 Å². The predicted molar refractivity (Wildman–Crippen MR) is 90.9 cm³/mol. The molecule has 0 unspecified atom stereocenters. The Hall–Kier alpha value is -2.11. The molecule has 1 aliphatic heterocycles. The third kappa shape index (κ3) is 3.09. The SMILES string of the molecule is Cc1cn2c(n1)CC[C@H](NC(=O)c1cnn(C3CCCCC3)c1)C2. The molecule has 24 heavy (non-hydrogen) atoms. The molecule has 0 bridgehead atoms. The highest BCUT2D eigenvalue weighted by molar-refractivity contribution is 5.93. The lowest BCUT2D eigenvalue weighted by molar-refractivity contribution is 0.0927. The number of aryl methyl sites for hydroxylation is 2. The normalized spacial score (nSPS) is 21.5. The number of amides is 1. The van der Waals surface area contributed by atoms with Crippen molar-refractivity contribution in [2.45, 2.75) is 70.5 Å². The molecular formula is C18H25N5O. The Bertz CT molecular complexity index is 726. The molecule has 0 spiro atoms. The van der Waals surface area contributed by atoms with Crippen molar-refractivity contribution in [3.63, 3.8) is 0 Å². The monoisotopic (exact) mass is 327 g/mol. The molecule has 3 heterocycles. The second kappa shape index (κ2) is 6.42. The molecule has 1 aliphatic carbocycles. The first kappa shape index (κ1) is 15.4. The van der Waals surface area contributed by atoms with Crippen LogP contribution < -0.4 is 5.32 Å². The van der Waals surface area contributed by atoms with Gasteiger partial charge in [-0.1, -0.05) is 19.3 Å². The van der Waals surface area contributed by atoms with Crippen molar-refractivity contribution in [2.75, 3.05) is 0 Å². The summed E-state index contributed by atoms with van der Waals surface area (Å²) in [6.45, 7) is 2.82. The topological polar surface area (TPSA) is 64.7 Å². The Kier molecular flexibility index (Phi) is 4.12. The maximum atomic E-state index is 12.5. The minimum atomic E-state index is -0.0117. The fraction of sp³-hybridized carbons (Fsp3) is 0.611. The zero-order valence-electron chi connectivity index (χ0n) is 14.2. The van der Waals surface area contributed by atoms with Gasteiger partial charge in [-0.3, -0.25) is 9.48 Å². The average molecular weight is 327 g/mol. The van der Waals surface area contributed by atoms with Crippen LogP contribution in [0.5, 0.6) is 0 Å². The van der Waals surface area contributed by atoms with Crippen LogP contribution in [0, 0.1) is 6.92 Å². The molecule has 1 fully saturated rings. The minimum Gasteiger partial charge on any atom is -0.347 e. The number of aromatic nitrogens is 4. The molecule has 2 aromatic heterocycles. The number of carbonyl (C=O) groups is 1. The number of fused-ring (bicyclic) bond motifs is 1. The molecule has 4 rings (SSSR count). The lowest BCUT2D eigenvalue weighted by Gasteiger charge is -2.24. The van der Waals surface area contributed by atoms with Crippen LogP contribution >= 0.6 is 0 Å². The Morgan fingerprint density at radius 2 is 2.04 bits per heavy atom. The van der Waals surface area contributed by atoms with Gasteiger partial charge in [0.25, 0.3) is 5.91 Å². The molecule has 6 heteroatoms. The second-order valence-electron chi connectivity index (χ2n) is 7.16. The van der Waals surface area contributed by atoms with Gasteiger partial charge in [-0.25, -0.2) is 4.98 Å². The number of hydrogen-bond donors (Lipinski definition) is 1. The molecule has 2 aliphatic rings. The Balaban J connectivity index is 1.39. The Morgan fingerprint density at radius 3 is 2.88 bits per heavy atom. The number of imidazole rings is 1. The number of nitrogens with zero attached hydrogens (tertiary/aromatic N) is 4. The van der Waals surface area contributed by atoms with Crippen LogP contribution in [0.25, 0.3) is 0 Å². The first-order valence-electron chi connectivity index (χ1n) is 9.07. The van der Waals surface area contributed by atoms with Gasteiger partial charge in [0.1, 0.15) is 5.82 Å². The highest BCUT2D eigenvalue weighted by Gasteiger charge is 2.23. The molecular weight excluding hydrogens is 302 g/mol. The third-order valence-electron chi connectivity index (χ3n) is 5.26. The number of rotatable bonds is 3. The summed E-state index contributed by atoms with van der Waals surface area (Å²) >= 11 is 0. The van der Waals surface area contributed by atoms with Crippen molar-refractivity contribution in [1.29, 1.82) is 0 Å². The van der Waals surface area contributed by atoms with Crippen molar-refractivity contribution < 1.29 is 4.79 Å². The molecule has 6 nitrogen and oxygen atoms in total. The van der Waals surface area contributed by atoms with Crippen LogP contribution in [0.4, 0.5) is 0 Å². The summed E-state index contributed by atoms with van der Waals surface area (Å²) in [5.74, 6) is 1.12. The van der Waals surface area contributed by atoms with Crippen LogP contribution in [-0.4, -0.2) is 31.3 Å². The summed E-state index contributed by atoms with van der Waals surface area (Å²) in [5, 5.41) is 7.59. The minimum absolute atomic E-state index is 0.0117. The summed E-state index contributed by atoms with van der Waals surface area (Å²) in [6.07, 6.45) is 13.8. The van der Waals surface area contributed by atoms with Crippen molar-refractivity contribution in [1.82, 2.24) is 24.6 Å². The third-order valence-corrected chi connectivity index (χ3v) is 5.26. The van der Waals surface area contributed by atoms with Gasteiger partial charge in [-0.2, -0.15) is 5.10 Å². The summed E-state index contributed by atoms with van der Waals surface area (Å²) in [5.41, 5.74) is 1.72. The van der Waals surface area contributed by atoms with E-state index in [2.05, 4.69) is 26.2 Å². The highest BCUT2D eigenvalue weighted by atomic mass is 16.1. The van der Waals surface area contributed by atoms with Gasteiger partial charge in [-0.05, 0) is 26.2 Å². The zero-order valence-corrected chi connectivity index (χ0v) is 14.2. The standard InChI is InChI=1S/C18H25N5O/c1-13-10-22-12-15(7-8-17(22)20-13)21-18(24)14-9-19-23(11-14)16-5-3-2-4-6-16/h9-11,15-16H,2-8,12H2,1H3,(H,21,24)/t15-/m0/s1. The first-order valence-corrected chi connectivity index (χ1v) is 9.07. The molecule has 2 aromatic rings. The van der Waals surface area contributed by atoms with E-state index in [0.29, 0.717) is 11.6 Å². The van der Waals surface area contributed by atoms with Crippen molar-refractivity contribution >= 4 is 5.91 Å². The Labute approximate surface area is 142 Å². The van der Waals surface area contributed by atoms with E-state index in [-0.39, 0.29) is 11.9 Å². The van der Waals surface area contributed by atoms with E-state index in [4.69, 9.17) is 0 Å². The van der Waals surface area contributed by atoms with E-state index in [9.17, 15) is 4.79 Å². The predicted octanol–water partition coefficient (Wildman–Crippen LogP) is 2.64. The fourth-order valence-corrected chi connectivity index (χ4v) is 3.97. The van der Waals surface area contributed by atoms with E-state index >= 15 is 0 Å². The van der Waals surface area contributed by atoms with Crippen molar-refractivity contribution in [3.05, 3.63) is 35.7 Å². The highest BCUT2D eigenvalue weighted by Crippen LogP contribution is 2.27. The molecule has 1 saturated carbocycles. The van der Waals surface area contributed by atoms with Gasteiger partial charge in [0, 0.05) is 31.4 Å². The molecule has 1 atom stereocenters. The van der Waals surface area contributed by atoms with Gasteiger partial charge in [0.2, 0.25) is 0 Å². The van der Waals surface area contributed by atoms with Crippen molar-refractivity contribution in [2.24, 2.45) is 0 Å². The van der Waals surface area contributed by atoms with Crippen LogP contribution in [0.3, 0.4) is 0 Å². The summed E-state index contributed by atoms with van der Waals surface area (Å²) in [7, 11) is 0. The van der Waals surface area contributed by atoms with E-state index in [0.717, 1.165) is 30.9 Å². The lowest BCUT2D eigenvalue weighted by atomic mass is 9.96. The largest absolute Gasteiger partial charge is 0.347 e. The number of hydrogen-bond acceptors (Lipinski definition) is 3. The van der Waals surface area contributed by atoms with Gasteiger partial charge < -0.3 is 9.88 Å². The van der Waals surface area contributed by atoms with Crippen LogP contribution in [0.2, 0.25) is 0 Å². The van der Waals surface area contributed by atoms with Crippen LogP contribution in [0.1, 0.15) is 66.4 Å². The smallest absolute Gasteiger partial charge is 0.254 e. The molecule has 1 N–H and O–H groups in total. The lowest BCUT2D eigenvalue weighted by Crippen LogP contribution is -2.40. The van der Waals surface area contributed by atoms with Gasteiger partial charge in [0.05, 0.1) is 23.5 Å². The molecule has 0 aromatic carbocycles. The van der Waals surface area contributed by atoms with Gasteiger partial charge in [0.15, 0.2) is 0 Å². The van der Waals surface area contributed by atoms with Crippen LogP contribution in [0.15, 0.2) is 18.6 Å². The van der Waals surface area contributed by atoms with Crippen LogP contribution in [-0.2, 0) is 13.0 Å². The average Bonchev–Trinajstić information content (AvgIpc) is 3.21. The van der Waals surface area contributed by atoms with Gasteiger partial charge in [-0.15, -0.1) is 0 Å².